The van der Waals surface area contributed by atoms with Gasteiger partial charge in [-0.1, -0.05) is 38.4 Å². The topological polar surface area (TPSA) is 101 Å². The third kappa shape index (κ3) is 5.15. The van der Waals surface area contributed by atoms with Crippen molar-refractivity contribution in [2.24, 2.45) is 5.41 Å². The van der Waals surface area contributed by atoms with Crippen LogP contribution in [-0.4, -0.2) is 27.6 Å². The Balaban J connectivity index is 1.60. The second-order valence-corrected chi connectivity index (χ2v) is 10.6. The molecule has 0 radical (unpaired) electrons. The summed E-state index contributed by atoms with van der Waals surface area (Å²) < 4.78 is 23.1. The summed E-state index contributed by atoms with van der Waals surface area (Å²) >= 11 is 6.66. The Morgan fingerprint density at radius 3 is 2.78 bits per heavy atom. The van der Waals surface area contributed by atoms with E-state index in [0.29, 0.717) is 56.7 Å². The summed E-state index contributed by atoms with van der Waals surface area (Å²) in [6.07, 6.45) is 6.82. The molecule has 2 aliphatic rings. The van der Waals surface area contributed by atoms with E-state index in [9.17, 15) is 11.0 Å². The first-order valence-corrected chi connectivity index (χ1v) is 12.1. The molecule has 3 aromatic rings. The zero-order valence-corrected chi connectivity index (χ0v) is 21.0. The average Bonchev–Trinajstić information content (AvgIpc) is 3.58. The van der Waals surface area contributed by atoms with Crippen LogP contribution in [0.5, 0.6) is 0 Å². The fourth-order valence-electron chi connectivity index (χ4n) is 3.93. The number of nitriles is 1. The smallest absolute Gasteiger partial charge is 0.212 e. The SMILES string of the molecule is [2H][C@](Nc1cc(Cl)c2ncc(C#N)c(NCC(C)(C)C)c2c1)(C1=CN(C2CC2)NN1)c1ccc(F)nc1. The summed E-state index contributed by atoms with van der Waals surface area (Å²) in [5.41, 5.74) is 9.19. The van der Waals surface area contributed by atoms with Crippen LogP contribution < -0.4 is 21.6 Å². The minimum atomic E-state index is -1.56. The maximum Gasteiger partial charge on any atom is 0.212 e. The first-order valence-electron chi connectivity index (χ1n) is 12.3. The van der Waals surface area contributed by atoms with Crippen molar-refractivity contribution in [3.05, 3.63) is 70.7 Å². The molecule has 36 heavy (non-hydrogen) atoms. The number of nitrogens with zero attached hydrogens (tertiary/aromatic N) is 4. The summed E-state index contributed by atoms with van der Waals surface area (Å²) in [6.45, 7) is 6.92. The molecule has 10 heteroatoms. The molecule has 1 aliphatic heterocycles. The zero-order valence-electron chi connectivity index (χ0n) is 21.3. The van der Waals surface area contributed by atoms with Crippen molar-refractivity contribution in [2.75, 3.05) is 17.2 Å². The number of hydrogen-bond donors (Lipinski definition) is 4. The summed E-state index contributed by atoms with van der Waals surface area (Å²) in [6, 6.07) is 7.28. The van der Waals surface area contributed by atoms with Gasteiger partial charge >= 0.3 is 0 Å². The molecule has 4 N–H and O–H groups in total. The van der Waals surface area contributed by atoms with Crippen molar-refractivity contribution in [2.45, 2.75) is 45.7 Å². The van der Waals surface area contributed by atoms with Gasteiger partial charge in [0.1, 0.15) is 6.07 Å². The molecule has 1 aliphatic carbocycles. The number of hydrazine groups is 2. The Hall–Kier alpha value is -3.61. The van der Waals surface area contributed by atoms with Crippen molar-refractivity contribution in [3.8, 4) is 6.07 Å². The van der Waals surface area contributed by atoms with Crippen molar-refractivity contribution in [1.82, 2.24) is 25.9 Å². The standard InChI is InChI=1S/C26H28ClFN8/c1-26(2,3)14-32-23-16(10-29)12-31-25-19(23)8-17(9-20(25)27)33-24(15-4-7-22(28)30-11-15)21-13-36(35-34-21)18-5-6-18/h4,7-9,11-13,18,24,33-35H,5-6,14H2,1-3H3,(H,31,32)/t24-/m1/s1/i24D. The van der Waals surface area contributed by atoms with Gasteiger partial charge in [-0.05, 0) is 42.0 Å². The van der Waals surface area contributed by atoms with Gasteiger partial charge in [-0.2, -0.15) is 9.65 Å². The Morgan fingerprint density at radius 2 is 2.11 bits per heavy atom. The number of nitrogens with one attached hydrogen (secondary N) is 4. The Labute approximate surface area is 215 Å². The largest absolute Gasteiger partial charge is 0.383 e. The first kappa shape index (κ1) is 22.8. The summed E-state index contributed by atoms with van der Waals surface area (Å²) in [7, 11) is 0. The second-order valence-electron chi connectivity index (χ2n) is 10.2. The van der Waals surface area contributed by atoms with Gasteiger partial charge < -0.3 is 16.1 Å². The zero-order chi connectivity index (χ0) is 26.4. The summed E-state index contributed by atoms with van der Waals surface area (Å²) in [5, 5.41) is 19.4. The minimum absolute atomic E-state index is 0.0328. The Bertz CT molecular complexity index is 1410. The monoisotopic (exact) mass is 507 g/mol. The normalized spacial score (nSPS) is 17.6. The fraction of sp³-hybridized carbons (Fsp3) is 0.346. The first-order chi connectivity index (χ1) is 17.6. The van der Waals surface area contributed by atoms with Gasteiger partial charge in [0, 0.05) is 42.3 Å². The Kier molecular flexibility index (Phi) is 5.99. The summed E-state index contributed by atoms with van der Waals surface area (Å²) in [5.74, 6) is -0.629. The van der Waals surface area contributed by atoms with Crippen LogP contribution in [-0.2, 0) is 0 Å². The van der Waals surface area contributed by atoms with Crippen LogP contribution in [0.2, 0.25) is 5.02 Å². The second kappa shape index (κ2) is 9.45. The molecule has 1 fully saturated rings. The Morgan fingerprint density at radius 1 is 1.31 bits per heavy atom. The third-order valence-corrected chi connectivity index (χ3v) is 6.21. The van der Waals surface area contributed by atoms with Crippen LogP contribution in [0.4, 0.5) is 15.8 Å². The van der Waals surface area contributed by atoms with E-state index in [1.54, 1.807) is 6.07 Å². The lowest BCUT2D eigenvalue weighted by molar-refractivity contribution is 0.260. The van der Waals surface area contributed by atoms with Crippen molar-refractivity contribution >= 4 is 33.9 Å². The van der Waals surface area contributed by atoms with E-state index in [0.717, 1.165) is 12.8 Å². The number of aromatic nitrogens is 2. The molecule has 0 spiro atoms. The molecular formula is C26H28ClFN8. The number of fused-ring (bicyclic) bond motifs is 1. The molecule has 8 nitrogen and oxygen atoms in total. The lowest BCUT2D eigenvalue weighted by atomic mass is 9.96. The molecule has 0 bridgehead atoms. The number of rotatable bonds is 7. The highest BCUT2D eigenvalue weighted by Gasteiger charge is 2.32. The van der Waals surface area contributed by atoms with Crippen molar-refractivity contribution < 1.29 is 5.76 Å². The number of benzene rings is 1. The lowest BCUT2D eigenvalue weighted by Gasteiger charge is -2.23. The molecule has 2 aromatic heterocycles. The van der Waals surface area contributed by atoms with Crippen LogP contribution in [0.1, 0.15) is 52.1 Å². The molecule has 0 amide bonds. The van der Waals surface area contributed by atoms with E-state index < -0.39 is 12.0 Å². The molecule has 0 unspecified atom stereocenters. The predicted octanol–water partition coefficient (Wildman–Crippen LogP) is 5.23. The van der Waals surface area contributed by atoms with Gasteiger partial charge in [0.05, 0.1) is 34.9 Å². The van der Waals surface area contributed by atoms with Gasteiger partial charge in [-0.15, -0.1) is 5.53 Å². The molecule has 5 rings (SSSR count). The lowest BCUT2D eigenvalue weighted by Crippen LogP contribution is -2.38. The van der Waals surface area contributed by atoms with Crippen LogP contribution >= 0.6 is 11.6 Å². The quantitative estimate of drug-likeness (QED) is 0.322. The molecular weight excluding hydrogens is 479 g/mol. The molecule has 3 heterocycles. The number of hydrogen-bond acceptors (Lipinski definition) is 8. The highest BCUT2D eigenvalue weighted by molar-refractivity contribution is 6.35. The third-order valence-electron chi connectivity index (χ3n) is 5.92. The number of anilines is 2. The van der Waals surface area contributed by atoms with E-state index in [1.165, 1.54) is 24.5 Å². The van der Waals surface area contributed by atoms with Crippen molar-refractivity contribution in [1.29, 1.82) is 5.26 Å². The van der Waals surface area contributed by atoms with Crippen molar-refractivity contribution in [3.63, 3.8) is 0 Å². The maximum atomic E-state index is 13.7. The number of halogens is 2. The van der Waals surface area contributed by atoms with E-state index in [-0.39, 0.29) is 5.41 Å². The fourth-order valence-corrected chi connectivity index (χ4v) is 4.20. The number of pyridine rings is 2. The highest BCUT2D eigenvalue weighted by Crippen LogP contribution is 2.36. The van der Waals surface area contributed by atoms with Crippen LogP contribution in [0.15, 0.2) is 48.6 Å². The predicted molar refractivity (Wildman–Crippen MR) is 139 cm³/mol. The van der Waals surface area contributed by atoms with E-state index >= 15 is 0 Å². The van der Waals surface area contributed by atoms with Gasteiger partial charge in [-0.3, -0.25) is 9.99 Å². The van der Waals surface area contributed by atoms with Crippen LogP contribution in [0.3, 0.4) is 0 Å². The van der Waals surface area contributed by atoms with Gasteiger partial charge in [0.25, 0.3) is 0 Å². The molecule has 1 saturated carbocycles. The summed E-state index contributed by atoms with van der Waals surface area (Å²) in [4.78, 5) is 8.19. The van der Waals surface area contributed by atoms with Crippen LogP contribution in [0.25, 0.3) is 10.9 Å². The van der Waals surface area contributed by atoms with E-state index in [4.69, 9.17) is 11.6 Å². The molecule has 1 atom stereocenters. The molecule has 186 valence electrons. The molecule has 1 aromatic carbocycles. The maximum absolute atomic E-state index is 13.7. The average molecular weight is 508 g/mol. The van der Waals surface area contributed by atoms with Gasteiger partial charge in [0.15, 0.2) is 0 Å². The van der Waals surface area contributed by atoms with E-state index in [2.05, 4.69) is 58.4 Å². The minimum Gasteiger partial charge on any atom is -0.383 e. The van der Waals surface area contributed by atoms with E-state index in [1.807, 2.05) is 17.3 Å². The highest BCUT2D eigenvalue weighted by atomic mass is 35.5. The van der Waals surface area contributed by atoms with Gasteiger partial charge in [-0.25, -0.2) is 4.98 Å². The van der Waals surface area contributed by atoms with Gasteiger partial charge in [0.2, 0.25) is 5.95 Å². The van der Waals surface area contributed by atoms with Crippen LogP contribution in [0, 0.1) is 22.7 Å². The molecule has 0 saturated heterocycles.